The molecule has 0 amide bonds. The number of nitro groups is 1. The fraction of sp³-hybridized carbons (Fsp3) is 0.600. The Morgan fingerprint density at radius 3 is 3.12 bits per heavy atom. The lowest BCUT2D eigenvalue weighted by atomic mass is 10.2. The molecule has 17 heavy (non-hydrogen) atoms. The van der Waals surface area contributed by atoms with E-state index in [1.54, 1.807) is 6.07 Å². The van der Waals surface area contributed by atoms with Crippen LogP contribution in [0.1, 0.15) is 4.88 Å². The molecule has 0 bridgehead atoms. The van der Waals surface area contributed by atoms with Gasteiger partial charge in [0, 0.05) is 37.1 Å². The summed E-state index contributed by atoms with van der Waals surface area (Å²) in [5, 5.41) is 10.8. The molecular weight excluding hydrogens is 242 g/mol. The molecule has 1 aromatic rings. The first-order chi connectivity index (χ1) is 8.19. The highest BCUT2D eigenvalue weighted by atomic mass is 32.1. The van der Waals surface area contributed by atoms with E-state index in [0.717, 1.165) is 24.5 Å². The summed E-state index contributed by atoms with van der Waals surface area (Å²) in [4.78, 5) is 13.4. The van der Waals surface area contributed by atoms with E-state index in [1.165, 1.54) is 11.3 Å². The molecule has 6 nitrogen and oxygen atoms in total. The number of ether oxygens (including phenoxy) is 1. The quantitative estimate of drug-likeness (QED) is 0.638. The molecule has 1 aliphatic heterocycles. The average molecular weight is 257 g/mol. The predicted molar refractivity (Wildman–Crippen MR) is 65.0 cm³/mol. The standard InChI is InChI=1S/C10H15N3O3S/c11-5-8-6-12(3-4-16-8)7-9-1-2-10(17-9)13(14)15/h1-2,8H,3-7,11H2. The second kappa shape index (κ2) is 5.54. The first kappa shape index (κ1) is 12.4. The number of nitrogens with two attached hydrogens (primary N) is 1. The topological polar surface area (TPSA) is 81.6 Å². The van der Waals surface area contributed by atoms with Crippen LogP contribution in [0.5, 0.6) is 0 Å². The van der Waals surface area contributed by atoms with Gasteiger partial charge in [-0.2, -0.15) is 0 Å². The molecule has 2 N–H and O–H groups in total. The van der Waals surface area contributed by atoms with E-state index in [-0.39, 0.29) is 16.0 Å². The Balaban J connectivity index is 1.93. The van der Waals surface area contributed by atoms with Gasteiger partial charge in [-0.05, 0) is 6.07 Å². The summed E-state index contributed by atoms with van der Waals surface area (Å²) in [7, 11) is 0. The summed E-state index contributed by atoms with van der Waals surface area (Å²) >= 11 is 1.23. The van der Waals surface area contributed by atoms with Crippen molar-refractivity contribution in [2.24, 2.45) is 5.73 Å². The summed E-state index contributed by atoms with van der Waals surface area (Å²) in [5.74, 6) is 0. The van der Waals surface area contributed by atoms with Gasteiger partial charge < -0.3 is 10.5 Å². The molecule has 0 saturated carbocycles. The fourth-order valence-corrected chi connectivity index (χ4v) is 2.70. The number of hydrogen-bond donors (Lipinski definition) is 1. The fourth-order valence-electron chi connectivity index (χ4n) is 1.84. The van der Waals surface area contributed by atoms with Crippen molar-refractivity contribution in [3.8, 4) is 0 Å². The van der Waals surface area contributed by atoms with Gasteiger partial charge in [0.15, 0.2) is 0 Å². The lowest BCUT2D eigenvalue weighted by Gasteiger charge is -2.31. The van der Waals surface area contributed by atoms with Crippen LogP contribution in [0.15, 0.2) is 12.1 Å². The Labute approximate surface area is 103 Å². The molecule has 0 aliphatic carbocycles. The van der Waals surface area contributed by atoms with Crippen molar-refractivity contribution in [1.29, 1.82) is 0 Å². The number of thiophene rings is 1. The zero-order chi connectivity index (χ0) is 12.3. The molecule has 2 heterocycles. The molecule has 1 unspecified atom stereocenters. The van der Waals surface area contributed by atoms with E-state index in [1.807, 2.05) is 6.07 Å². The summed E-state index contributed by atoms with van der Waals surface area (Å²) in [6.45, 7) is 3.57. The van der Waals surface area contributed by atoms with E-state index in [0.29, 0.717) is 13.2 Å². The van der Waals surface area contributed by atoms with Crippen LogP contribution in [0.3, 0.4) is 0 Å². The largest absolute Gasteiger partial charge is 0.374 e. The molecule has 0 radical (unpaired) electrons. The highest BCUT2D eigenvalue weighted by Gasteiger charge is 2.20. The third kappa shape index (κ3) is 3.22. The van der Waals surface area contributed by atoms with Gasteiger partial charge in [-0.1, -0.05) is 11.3 Å². The number of morpholine rings is 1. The van der Waals surface area contributed by atoms with E-state index in [2.05, 4.69) is 4.90 Å². The van der Waals surface area contributed by atoms with Crippen molar-refractivity contribution in [3.63, 3.8) is 0 Å². The average Bonchev–Trinajstić information content (AvgIpc) is 2.78. The van der Waals surface area contributed by atoms with Gasteiger partial charge >= 0.3 is 5.00 Å². The van der Waals surface area contributed by atoms with Gasteiger partial charge in [0.05, 0.1) is 17.6 Å². The third-order valence-corrected chi connectivity index (χ3v) is 3.71. The smallest absolute Gasteiger partial charge is 0.324 e. The summed E-state index contributed by atoms with van der Waals surface area (Å²) < 4.78 is 5.47. The predicted octanol–water partition coefficient (Wildman–Crippen LogP) is 0.816. The Morgan fingerprint density at radius 2 is 2.47 bits per heavy atom. The third-order valence-electron chi connectivity index (χ3n) is 2.69. The zero-order valence-electron chi connectivity index (χ0n) is 9.37. The van der Waals surface area contributed by atoms with E-state index >= 15 is 0 Å². The van der Waals surface area contributed by atoms with Gasteiger partial charge in [-0.15, -0.1) is 0 Å². The van der Waals surface area contributed by atoms with Crippen LogP contribution in [-0.2, 0) is 11.3 Å². The van der Waals surface area contributed by atoms with Gasteiger partial charge in [-0.25, -0.2) is 0 Å². The van der Waals surface area contributed by atoms with Crippen molar-refractivity contribution < 1.29 is 9.66 Å². The molecule has 1 fully saturated rings. The van der Waals surface area contributed by atoms with Crippen molar-refractivity contribution in [2.75, 3.05) is 26.2 Å². The van der Waals surface area contributed by atoms with Crippen LogP contribution >= 0.6 is 11.3 Å². The molecule has 1 saturated heterocycles. The first-order valence-corrected chi connectivity index (χ1v) is 6.28. The molecule has 7 heteroatoms. The minimum Gasteiger partial charge on any atom is -0.374 e. The highest BCUT2D eigenvalue weighted by Crippen LogP contribution is 2.25. The van der Waals surface area contributed by atoms with Crippen molar-refractivity contribution in [3.05, 3.63) is 27.1 Å². The van der Waals surface area contributed by atoms with Crippen molar-refractivity contribution >= 4 is 16.3 Å². The Morgan fingerprint density at radius 1 is 1.65 bits per heavy atom. The second-order valence-electron chi connectivity index (χ2n) is 3.96. The van der Waals surface area contributed by atoms with E-state index in [9.17, 15) is 10.1 Å². The van der Waals surface area contributed by atoms with Crippen LogP contribution in [-0.4, -0.2) is 42.2 Å². The lowest BCUT2D eigenvalue weighted by Crippen LogP contribution is -2.44. The van der Waals surface area contributed by atoms with Gasteiger partial charge in [0.25, 0.3) is 0 Å². The Kier molecular flexibility index (Phi) is 4.06. The monoisotopic (exact) mass is 257 g/mol. The number of hydrogen-bond acceptors (Lipinski definition) is 6. The van der Waals surface area contributed by atoms with Crippen LogP contribution in [0.25, 0.3) is 0 Å². The van der Waals surface area contributed by atoms with Crippen LogP contribution in [0.4, 0.5) is 5.00 Å². The molecule has 0 aromatic carbocycles. The second-order valence-corrected chi connectivity index (χ2v) is 5.11. The summed E-state index contributed by atoms with van der Waals surface area (Å²) in [5.41, 5.74) is 5.56. The van der Waals surface area contributed by atoms with Crippen LogP contribution in [0.2, 0.25) is 0 Å². The molecule has 0 spiro atoms. The van der Waals surface area contributed by atoms with E-state index in [4.69, 9.17) is 10.5 Å². The first-order valence-electron chi connectivity index (χ1n) is 5.46. The SMILES string of the molecule is NCC1CN(Cc2ccc([N+](=O)[O-])s2)CCO1. The minimum atomic E-state index is -0.351. The highest BCUT2D eigenvalue weighted by molar-refractivity contribution is 7.15. The van der Waals surface area contributed by atoms with Crippen LogP contribution in [0, 0.1) is 10.1 Å². The molecular formula is C10H15N3O3S. The molecule has 2 rings (SSSR count). The van der Waals surface area contributed by atoms with Gasteiger partial charge in [0.1, 0.15) is 0 Å². The Hall–Kier alpha value is -1.02. The number of nitrogens with zero attached hydrogens (tertiary/aromatic N) is 2. The van der Waals surface area contributed by atoms with E-state index < -0.39 is 0 Å². The lowest BCUT2D eigenvalue weighted by molar-refractivity contribution is -0.380. The molecule has 1 aliphatic rings. The molecule has 1 aromatic heterocycles. The maximum absolute atomic E-state index is 10.6. The van der Waals surface area contributed by atoms with Gasteiger partial charge in [-0.3, -0.25) is 15.0 Å². The maximum atomic E-state index is 10.6. The molecule has 1 atom stereocenters. The zero-order valence-corrected chi connectivity index (χ0v) is 10.2. The van der Waals surface area contributed by atoms with Gasteiger partial charge in [0.2, 0.25) is 0 Å². The van der Waals surface area contributed by atoms with Crippen LogP contribution < -0.4 is 5.73 Å². The van der Waals surface area contributed by atoms with Crippen molar-refractivity contribution in [2.45, 2.75) is 12.6 Å². The normalized spacial score (nSPS) is 21.6. The summed E-state index contributed by atoms with van der Waals surface area (Å²) in [6.07, 6.45) is 0.0821. The molecule has 94 valence electrons. The van der Waals surface area contributed by atoms with Crippen molar-refractivity contribution in [1.82, 2.24) is 4.90 Å². The summed E-state index contributed by atoms with van der Waals surface area (Å²) in [6, 6.07) is 3.37. The Bertz CT molecular complexity index is 396. The number of rotatable bonds is 4. The minimum absolute atomic E-state index is 0.0821. The maximum Gasteiger partial charge on any atom is 0.324 e.